The van der Waals surface area contributed by atoms with E-state index in [1.165, 1.54) is 4.88 Å². The third-order valence-corrected chi connectivity index (χ3v) is 2.48. The van der Waals surface area contributed by atoms with Crippen molar-refractivity contribution in [2.75, 3.05) is 7.05 Å². The Hall–Kier alpha value is -1.27. The number of thiazole rings is 1. The highest BCUT2D eigenvalue weighted by Crippen LogP contribution is 2.06. The molecule has 0 saturated carbocycles. The minimum atomic E-state index is 0.704. The molecule has 0 atom stereocenters. The Morgan fingerprint density at radius 2 is 2.50 bits per heavy atom. The third-order valence-electron chi connectivity index (χ3n) is 1.72. The second-order valence-electron chi connectivity index (χ2n) is 2.86. The lowest BCUT2D eigenvalue weighted by atomic mass is 10.5. The third kappa shape index (κ3) is 2.15. The van der Waals surface area contributed by atoms with Crippen LogP contribution in [0.1, 0.15) is 10.7 Å². The Kier molecular flexibility index (Phi) is 2.85. The van der Waals surface area contributed by atoms with Crippen molar-refractivity contribution < 1.29 is 0 Å². The van der Waals surface area contributed by atoms with Crippen molar-refractivity contribution in [3.8, 4) is 0 Å². The van der Waals surface area contributed by atoms with Crippen LogP contribution in [-0.2, 0) is 13.1 Å². The zero-order valence-electron chi connectivity index (χ0n) is 7.84. The van der Waals surface area contributed by atoms with Gasteiger partial charge in [0.15, 0.2) is 5.82 Å². The molecule has 5 nitrogen and oxygen atoms in total. The van der Waals surface area contributed by atoms with Gasteiger partial charge in [-0.25, -0.2) is 9.67 Å². The van der Waals surface area contributed by atoms with Gasteiger partial charge >= 0.3 is 0 Å². The summed E-state index contributed by atoms with van der Waals surface area (Å²) in [4.78, 5) is 9.35. The number of nitrogens with zero attached hydrogens (tertiary/aromatic N) is 4. The molecule has 0 aromatic carbocycles. The van der Waals surface area contributed by atoms with E-state index >= 15 is 0 Å². The molecule has 0 unspecified atom stereocenters. The van der Waals surface area contributed by atoms with Crippen LogP contribution in [0, 0.1) is 0 Å². The van der Waals surface area contributed by atoms with Crippen LogP contribution in [0.3, 0.4) is 0 Å². The molecule has 0 aliphatic heterocycles. The van der Waals surface area contributed by atoms with E-state index in [0.717, 1.165) is 12.4 Å². The SMILES string of the molecule is CNCc1ncn(Cc2cncs2)n1. The molecule has 2 aromatic heterocycles. The van der Waals surface area contributed by atoms with Crippen LogP contribution in [0.5, 0.6) is 0 Å². The molecule has 74 valence electrons. The Balaban J connectivity index is 2.03. The molecule has 14 heavy (non-hydrogen) atoms. The molecule has 0 aliphatic rings. The monoisotopic (exact) mass is 209 g/mol. The lowest BCUT2D eigenvalue weighted by molar-refractivity contribution is 0.663. The summed E-state index contributed by atoms with van der Waals surface area (Å²) >= 11 is 1.63. The van der Waals surface area contributed by atoms with Gasteiger partial charge in [-0.15, -0.1) is 11.3 Å². The second-order valence-corrected chi connectivity index (χ2v) is 3.83. The predicted molar refractivity (Wildman–Crippen MR) is 54.0 cm³/mol. The molecular formula is C8H11N5S. The van der Waals surface area contributed by atoms with E-state index in [-0.39, 0.29) is 0 Å². The highest BCUT2D eigenvalue weighted by atomic mass is 32.1. The molecule has 2 rings (SSSR count). The van der Waals surface area contributed by atoms with Gasteiger partial charge in [-0.05, 0) is 7.05 Å². The van der Waals surface area contributed by atoms with Crippen molar-refractivity contribution in [3.63, 3.8) is 0 Å². The van der Waals surface area contributed by atoms with Gasteiger partial charge in [-0.3, -0.25) is 4.98 Å². The maximum absolute atomic E-state index is 4.30. The zero-order valence-corrected chi connectivity index (χ0v) is 8.66. The van der Waals surface area contributed by atoms with E-state index in [0.29, 0.717) is 6.54 Å². The van der Waals surface area contributed by atoms with Gasteiger partial charge in [0.25, 0.3) is 0 Å². The summed E-state index contributed by atoms with van der Waals surface area (Å²) in [5.41, 5.74) is 1.82. The molecular weight excluding hydrogens is 198 g/mol. The number of hydrogen-bond donors (Lipinski definition) is 1. The van der Waals surface area contributed by atoms with E-state index in [1.807, 2.05) is 23.4 Å². The number of rotatable bonds is 4. The van der Waals surface area contributed by atoms with Crippen molar-refractivity contribution in [1.29, 1.82) is 0 Å². The first-order valence-corrected chi connectivity index (χ1v) is 5.17. The molecule has 1 N–H and O–H groups in total. The van der Waals surface area contributed by atoms with Crippen molar-refractivity contribution >= 4 is 11.3 Å². The summed E-state index contributed by atoms with van der Waals surface area (Å²) in [5, 5.41) is 7.30. The van der Waals surface area contributed by atoms with Gasteiger partial charge in [0.05, 0.1) is 18.6 Å². The first-order chi connectivity index (χ1) is 6.88. The molecule has 0 spiro atoms. The van der Waals surface area contributed by atoms with Gasteiger partial charge in [0, 0.05) is 11.1 Å². The Morgan fingerprint density at radius 1 is 1.57 bits per heavy atom. The van der Waals surface area contributed by atoms with Gasteiger partial charge in [-0.2, -0.15) is 5.10 Å². The Morgan fingerprint density at radius 3 is 3.21 bits per heavy atom. The zero-order chi connectivity index (χ0) is 9.80. The molecule has 2 heterocycles. The molecule has 0 radical (unpaired) electrons. The van der Waals surface area contributed by atoms with Crippen LogP contribution in [0.4, 0.5) is 0 Å². The van der Waals surface area contributed by atoms with Crippen molar-refractivity contribution in [1.82, 2.24) is 25.1 Å². The van der Waals surface area contributed by atoms with Crippen LogP contribution < -0.4 is 5.32 Å². The first kappa shape index (κ1) is 9.29. The molecule has 2 aromatic rings. The maximum Gasteiger partial charge on any atom is 0.164 e. The van der Waals surface area contributed by atoms with Crippen LogP contribution >= 0.6 is 11.3 Å². The molecule has 0 fully saturated rings. The van der Waals surface area contributed by atoms with Gasteiger partial charge < -0.3 is 5.32 Å². The van der Waals surface area contributed by atoms with Crippen LogP contribution in [0.15, 0.2) is 18.0 Å². The summed E-state index contributed by atoms with van der Waals surface area (Å²) in [6.45, 7) is 1.46. The highest BCUT2D eigenvalue weighted by molar-refractivity contribution is 7.09. The summed E-state index contributed by atoms with van der Waals surface area (Å²) < 4.78 is 1.82. The Bertz CT molecular complexity index is 380. The summed E-state index contributed by atoms with van der Waals surface area (Å²) in [6, 6.07) is 0. The molecule has 0 saturated heterocycles. The number of aromatic nitrogens is 4. The lowest BCUT2D eigenvalue weighted by Crippen LogP contribution is -2.07. The smallest absolute Gasteiger partial charge is 0.164 e. The minimum absolute atomic E-state index is 0.704. The summed E-state index contributed by atoms with van der Waals surface area (Å²) in [6.07, 6.45) is 3.59. The first-order valence-electron chi connectivity index (χ1n) is 4.29. The van der Waals surface area contributed by atoms with E-state index in [2.05, 4.69) is 20.4 Å². The van der Waals surface area contributed by atoms with Crippen molar-refractivity contribution in [2.24, 2.45) is 0 Å². The Labute approximate surface area is 85.8 Å². The predicted octanol–water partition coefficient (Wildman–Crippen LogP) is 0.502. The largest absolute Gasteiger partial charge is 0.313 e. The minimum Gasteiger partial charge on any atom is -0.313 e. The molecule has 0 amide bonds. The van der Waals surface area contributed by atoms with Gasteiger partial charge in [0.2, 0.25) is 0 Å². The second kappa shape index (κ2) is 4.30. The highest BCUT2D eigenvalue weighted by Gasteiger charge is 2.00. The fourth-order valence-corrected chi connectivity index (χ4v) is 1.71. The standard InChI is InChI=1S/C8H11N5S/c1-9-3-8-11-5-13(12-8)4-7-2-10-6-14-7/h2,5-6,9H,3-4H2,1H3. The lowest BCUT2D eigenvalue weighted by Gasteiger charge is -1.95. The van der Waals surface area contributed by atoms with Crippen molar-refractivity contribution in [3.05, 3.63) is 28.7 Å². The fraction of sp³-hybridized carbons (Fsp3) is 0.375. The molecule has 0 bridgehead atoms. The van der Waals surface area contributed by atoms with Crippen LogP contribution in [0.2, 0.25) is 0 Å². The average Bonchev–Trinajstić information content (AvgIpc) is 2.79. The van der Waals surface area contributed by atoms with Gasteiger partial charge in [0.1, 0.15) is 6.33 Å². The average molecular weight is 209 g/mol. The normalized spacial score (nSPS) is 10.6. The number of nitrogens with one attached hydrogen (secondary N) is 1. The number of hydrogen-bond acceptors (Lipinski definition) is 5. The quantitative estimate of drug-likeness (QED) is 0.796. The summed E-state index contributed by atoms with van der Waals surface area (Å²) in [5.74, 6) is 0.817. The summed E-state index contributed by atoms with van der Waals surface area (Å²) in [7, 11) is 1.88. The maximum atomic E-state index is 4.30. The van der Waals surface area contributed by atoms with E-state index in [1.54, 1.807) is 17.7 Å². The van der Waals surface area contributed by atoms with Crippen LogP contribution in [-0.4, -0.2) is 26.8 Å². The van der Waals surface area contributed by atoms with E-state index in [4.69, 9.17) is 0 Å². The fourth-order valence-electron chi connectivity index (χ4n) is 1.13. The van der Waals surface area contributed by atoms with Crippen LogP contribution in [0.25, 0.3) is 0 Å². The topological polar surface area (TPSA) is 55.6 Å². The van der Waals surface area contributed by atoms with Crippen molar-refractivity contribution in [2.45, 2.75) is 13.1 Å². The van der Waals surface area contributed by atoms with Gasteiger partial charge in [-0.1, -0.05) is 0 Å². The van der Waals surface area contributed by atoms with E-state index < -0.39 is 0 Å². The molecule has 0 aliphatic carbocycles. The molecule has 6 heteroatoms. The van der Waals surface area contributed by atoms with E-state index in [9.17, 15) is 0 Å².